The van der Waals surface area contributed by atoms with Crippen molar-refractivity contribution in [3.63, 3.8) is 0 Å². The molecule has 0 aliphatic heterocycles. The zero-order valence-corrected chi connectivity index (χ0v) is 25.5. The predicted molar refractivity (Wildman–Crippen MR) is 153 cm³/mol. The number of carbonyl (C=O) groups is 2. The summed E-state index contributed by atoms with van der Waals surface area (Å²) in [7, 11) is -3.64. The molecule has 0 saturated carbocycles. The van der Waals surface area contributed by atoms with Crippen molar-refractivity contribution in [2.75, 3.05) is 0 Å². The van der Waals surface area contributed by atoms with Crippen molar-refractivity contribution in [2.24, 2.45) is 0 Å². The summed E-state index contributed by atoms with van der Waals surface area (Å²) < 4.78 is 33.3. The summed E-state index contributed by atoms with van der Waals surface area (Å²) in [5, 5.41) is 9.55. The Bertz CT molecular complexity index is 1640. The van der Waals surface area contributed by atoms with Gasteiger partial charge in [-0.25, -0.2) is 0 Å². The van der Waals surface area contributed by atoms with Crippen molar-refractivity contribution in [1.82, 2.24) is 9.55 Å². The first kappa shape index (κ1) is 29.3. The molecular formula is C30H30AsN2O6S. The molecule has 4 aromatic rings. The fraction of sp³-hybridized carbons (Fsp3) is 0.233. The maximum atomic E-state index is 13.5. The van der Waals surface area contributed by atoms with Gasteiger partial charge < -0.3 is 0 Å². The Labute approximate surface area is 239 Å². The quantitative estimate of drug-likeness (QED) is 0.198. The van der Waals surface area contributed by atoms with Gasteiger partial charge >= 0.3 is 240 Å². The zero-order valence-electron chi connectivity index (χ0n) is 22.8. The topological polar surface area (TPSA) is 116 Å². The summed E-state index contributed by atoms with van der Waals surface area (Å²) in [4.78, 5) is 29.5. The number of benzene rings is 3. The minimum absolute atomic E-state index is 0.135. The van der Waals surface area contributed by atoms with E-state index in [1.807, 2.05) is 36.6 Å². The van der Waals surface area contributed by atoms with Gasteiger partial charge in [-0.2, -0.15) is 0 Å². The van der Waals surface area contributed by atoms with Gasteiger partial charge in [0.15, 0.2) is 0 Å². The summed E-state index contributed by atoms with van der Waals surface area (Å²) in [6, 6.07) is 15.4. The van der Waals surface area contributed by atoms with Gasteiger partial charge in [0, 0.05) is 0 Å². The molecule has 207 valence electrons. The number of esters is 1. The van der Waals surface area contributed by atoms with Crippen LogP contribution in [-0.4, -0.2) is 49.6 Å². The number of aromatic nitrogens is 2. The van der Waals surface area contributed by atoms with Gasteiger partial charge in [-0.1, -0.05) is 0 Å². The molecule has 8 nitrogen and oxygen atoms in total. The molecular weight excluding hydrogens is 591 g/mol. The molecule has 3 aromatic carbocycles. The summed E-state index contributed by atoms with van der Waals surface area (Å²) >= 11 is -1.47. The standard InChI is InChI=1S/C30H30AsN2O6S/c1-18-6-10-25(11-7-18)40(37,38)31-22(5)30(36)39-28(27-20(3)14-23(29(34)35)15-21(27)4)26-16-24(9-8-19(26)2)33-13-12-32-17-33/h6-17,22,28H,1-5H3,(H,34,35)/t22-,28?/m0/s1. The molecule has 4 rings (SSSR count). The minimum atomic E-state index is -3.64. The number of nitrogens with zero attached hydrogens (tertiary/aromatic N) is 2. The van der Waals surface area contributed by atoms with Crippen LogP contribution in [0.5, 0.6) is 0 Å². The van der Waals surface area contributed by atoms with Crippen LogP contribution in [0.4, 0.5) is 0 Å². The number of carboxylic acid groups (broad SMARTS) is 1. The number of hydrogen-bond acceptors (Lipinski definition) is 6. The fourth-order valence-electron chi connectivity index (χ4n) is 4.51. The van der Waals surface area contributed by atoms with E-state index in [1.165, 1.54) is 0 Å². The van der Waals surface area contributed by atoms with E-state index in [9.17, 15) is 23.1 Å². The van der Waals surface area contributed by atoms with Crippen molar-refractivity contribution < 1.29 is 27.9 Å². The monoisotopic (exact) mass is 621 g/mol. The van der Waals surface area contributed by atoms with Crippen LogP contribution < -0.4 is 0 Å². The van der Waals surface area contributed by atoms with Crippen LogP contribution in [0.15, 0.2) is 78.2 Å². The number of carboxylic acids is 1. The number of aromatic carboxylic acids is 1. The second-order valence-corrected chi connectivity index (χ2v) is 17.3. The fourth-order valence-corrected chi connectivity index (χ4v) is 10.4. The van der Waals surface area contributed by atoms with E-state index < -0.39 is 45.4 Å². The Kier molecular flexibility index (Phi) is 8.66. The van der Waals surface area contributed by atoms with E-state index in [1.54, 1.807) is 75.9 Å². The maximum absolute atomic E-state index is 13.5. The van der Waals surface area contributed by atoms with Crippen LogP contribution >= 0.6 is 0 Å². The van der Waals surface area contributed by atoms with Gasteiger partial charge in [-0.05, 0) is 0 Å². The van der Waals surface area contributed by atoms with Gasteiger partial charge in [0.25, 0.3) is 0 Å². The van der Waals surface area contributed by atoms with Crippen LogP contribution in [0, 0.1) is 27.7 Å². The van der Waals surface area contributed by atoms with E-state index in [2.05, 4.69) is 4.98 Å². The van der Waals surface area contributed by atoms with Crippen molar-refractivity contribution in [2.45, 2.75) is 50.3 Å². The Balaban J connectivity index is 1.74. The Morgan fingerprint density at radius 1 is 0.950 bits per heavy atom. The Morgan fingerprint density at radius 2 is 1.60 bits per heavy atom. The van der Waals surface area contributed by atoms with Crippen LogP contribution in [0.2, 0.25) is 4.71 Å². The van der Waals surface area contributed by atoms with E-state index in [0.29, 0.717) is 22.3 Å². The summed E-state index contributed by atoms with van der Waals surface area (Å²) in [5.74, 6) is -1.68. The van der Waals surface area contributed by atoms with Gasteiger partial charge in [0.2, 0.25) is 0 Å². The summed E-state index contributed by atoms with van der Waals surface area (Å²) in [6.07, 6.45) is 4.24. The van der Waals surface area contributed by atoms with Crippen LogP contribution in [0.1, 0.15) is 56.8 Å². The summed E-state index contributed by atoms with van der Waals surface area (Å²) in [6.45, 7) is 8.92. The second kappa shape index (κ2) is 11.8. The second-order valence-electron chi connectivity index (χ2n) is 9.73. The van der Waals surface area contributed by atoms with E-state index in [0.717, 1.165) is 16.8 Å². The molecule has 1 N–H and O–H groups in total. The number of rotatable bonds is 9. The first-order chi connectivity index (χ1) is 18.9. The van der Waals surface area contributed by atoms with Crippen LogP contribution in [-0.2, 0) is 17.6 Å². The number of hydrogen-bond donors (Lipinski definition) is 1. The van der Waals surface area contributed by atoms with Crippen LogP contribution in [0.3, 0.4) is 0 Å². The van der Waals surface area contributed by atoms with Crippen molar-refractivity contribution >= 4 is 34.6 Å². The Morgan fingerprint density at radius 3 is 2.17 bits per heavy atom. The molecule has 1 unspecified atom stereocenters. The Hall–Kier alpha value is -3.68. The molecule has 10 heteroatoms. The van der Waals surface area contributed by atoms with Crippen molar-refractivity contribution in [1.29, 1.82) is 0 Å². The van der Waals surface area contributed by atoms with Crippen molar-refractivity contribution in [3.8, 4) is 5.69 Å². The third-order valence-corrected chi connectivity index (χ3v) is 13.6. The van der Waals surface area contributed by atoms with Gasteiger partial charge in [0.1, 0.15) is 0 Å². The normalized spacial score (nSPS) is 13.3. The molecule has 1 heterocycles. The van der Waals surface area contributed by atoms with E-state index in [-0.39, 0.29) is 10.5 Å². The van der Waals surface area contributed by atoms with Gasteiger partial charge in [-0.15, -0.1) is 0 Å². The molecule has 0 spiro atoms. The van der Waals surface area contributed by atoms with Gasteiger partial charge in [-0.3, -0.25) is 0 Å². The van der Waals surface area contributed by atoms with Crippen LogP contribution in [0.25, 0.3) is 5.69 Å². The number of carbonyl (C=O) groups excluding carboxylic acids is 1. The molecule has 2 atom stereocenters. The molecule has 1 aromatic heterocycles. The first-order valence-corrected chi connectivity index (χ1v) is 17.4. The third kappa shape index (κ3) is 6.37. The molecule has 0 aliphatic rings. The van der Waals surface area contributed by atoms with E-state index >= 15 is 0 Å². The number of imidazole rings is 1. The first-order valence-electron chi connectivity index (χ1n) is 12.5. The average molecular weight is 622 g/mol. The zero-order chi connectivity index (χ0) is 29.2. The number of aryl methyl sites for hydroxylation is 4. The third-order valence-electron chi connectivity index (χ3n) is 6.64. The molecule has 0 amide bonds. The molecule has 0 aliphatic carbocycles. The van der Waals surface area contributed by atoms with Gasteiger partial charge in [0.05, 0.1) is 0 Å². The predicted octanol–water partition coefficient (Wildman–Crippen LogP) is 5.34. The number of ether oxygens (including phenoxy) is 1. The molecule has 0 saturated heterocycles. The molecule has 40 heavy (non-hydrogen) atoms. The SMILES string of the molecule is Cc1ccc(S(=O)(=O)[As][C@@H](C)C(=O)OC(c2cc(-n3ccnc3)ccc2C)c2c(C)cc(C(=O)O)cc2C)cc1. The molecule has 0 fully saturated rings. The average Bonchev–Trinajstić information content (AvgIpc) is 3.43. The molecule has 0 bridgehead atoms. The van der Waals surface area contributed by atoms with E-state index in [4.69, 9.17) is 4.74 Å². The van der Waals surface area contributed by atoms with Crippen molar-refractivity contribution in [3.05, 3.63) is 112 Å². The molecule has 1 radical (unpaired) electrons. The summed E-state index contributed by atoms with van der Waals surface area (Å²) in [5.41, 5.74) is 5.40.